The highest BCUT2D eigenvalue weighted by atomic mass is 35.5. The quantitative estimate of drug-likeness (QED) is 0.551. The SMILES string of the molecule is CCCO[C@H]1C[C@@H](C(=O)NCCc2nc(N)n[nH]2)CC[C@@H]1N.Cl.Cl. The van der Waals surface area contributed by atoms with Crippen molar-refractivity contribution in [2.24, 2.45) is 11.7 Å². The number of nitrogen functional groups attached to an aromatic ring is 1. The molecule has 2 rings (SSSR count). The highest BCUT2D eigenvalue weighted by molar-refractivity contribution is 5.85. The predicted octanol–water partition coefficient (Wildman–Crippen LogP) is 0.812. The van der Waals surface area contributed by atoms with Crippen molar-refractivity contribution in [3.63, 3.8) is 0 Å². The number of anilines is 1. The molecule has 0 aromatic carbocycles. The van der Waals surface area contributed by atoms with Crippen LogP contribution in [-0.4, -0.2) is 46.4 Å². The molecule has 0 radical (unpaired) electrons. The van der Waals surface area contributed by atoms with Crippen LogP contribution in [0.15, 0.2) is 0 Å². The summed E-state index contributed by atoms with van der Waals surface area (Å²) < 4.78 is 5.76. The summed E-state index contributed by atoms with van der Waals surface area (Å²) in [6.07, 6.45) is 3.86. The predicted molar refractivity (Wildman–Crippen MR) is 97.4 cm³/mol. The van der Waals surface area contributed by atoms with Gasteiger partial charge in [-0.1, -0.05) is 6.92 Å². The molecule has 0 aliphatic heterocycles. The molecule has 6 N–H and O–H groups in total. The van der Waals surface area contributed by atoms with E-state index in [4.69, 9.17) is 16.2 Å². The minimum atomic E-state index is -0.0264. The average Bonchev–Trinajstić information content (AvgIpc) is 2.92. The van der Waals surface area contributed by atoms with Crippen LogP contribution >= 0.6 is 24.8 Å². The van der Waals surface area contributed by atoms with Crippen LogP contribution < -0.4 is 16.8 Å². The summed E-state index contributed by atoms with van der Waals surface area (Å²) in [6.45, 7) is 3.27. The van der Waals surface area contributed by atoms with Crippen LogP contribution in [0.4, 0.5) is 5.95 Å². The first kappa shape index (κ1) is 22.9. The monoisotopic (exact) mass is 382 g/mol. The number of aromatic amines is 1. The Morgan fingerprint density at radius 1 is 1.42 bits per heavy atom. The maximum Gasteiger partial charge on any atom is 0.239 e. The first-order valence-corrected chi connectivity index (χ1v) is 7.91. The number of nitrogens with two attached hydrogens (primary N) is 2. The van der Waals surface area contributed by atoms with Crippen molar-refractivity contribution in [3.8, 4) is 0 Å². The average molecular weight is 383 g/mol. The van der Waals surface area contributed by atoms with E-state index in [0.717, 1.165) is 19.3 Å². The van der Waals surface area contributed by atoms with Crippen molar-refractivity contribution in [1.82, 2.24) is 20.5 Å². The molecule has 1 aliphatic rings. The molecule has 0 saturated heterocycles. The van der Waals surface area contributed by atoms with Crippen LogP contribution in [-0.2, 0) is 16.0 Å². The maximum absolute atomic E-state index is 12.2. The number of ether oxygens (including phenoxy) is 1. The maximum atomic E-state index is 12.2. The van der Waals surface area contributed by atoms with Gasteiger partial charge >= 0.3 is 0 Å². The second-order valence-electron chi connectivity index (χ2n) is 5.76. The third kappa shape index (κ3) is 6.80. The van der Waals surface area contributed by atoms with Crippen molar-refractivity contribution in [2.75, 3.05) is 18.9 Å². The van der Waals surface area contributed by atoms with Crippen LogP contribution in [0.3, 0.4) is 0 Å². The second-order valence-corrected chi connectivity index (χ2v) is 5.76. The number of hydrogen-bond acceptors (Lipinski definition) is 6. The van der Waals surface area contributed by atoms with E-state index in [9.17, 15) is 4.79 Å². The van der Waals surface area contributed by atoms with Crippen molar-refractivity contribution >= 4 is 36.7 Å². The standard InChI is InChI=1S/C14H26N6O2.2ClH/c1-2-7-22-11-8-9(3-4-10(11)15)13(21)17-6-5-12-18-14(16)20-19-12;;/h9-11H,2-8,15H2,1H3,(H,17,21)(H3,16,18,19,20);2*1H/t9-,10-,11-;;/m0../s1. The lowest BCUT2D eigenvalue weighted by Crippen LogP contribution is -2.46. The third-order valence-electron chi connectivity index (χ3n) is 3.96. The second kappa shape index (κ2) is 11.5. The van der Waals surface area contributed by atoms with Crippen LogP contribution in [0, 0.1) is 5.92 Å². The summed E-state index contributed by atoms with van der Waals surface area (Å²) in [5.74, 6) is 0.928. The molecule has 3 atom stereocenters. The Bertz CT molecular complexity index is 488. The normalized spacial score (nSPS) is 23.0. The zero-order valence-corrected chi connectivity index (χ0v) is 15.5. The highest BCUT2D eigenvalue weighted by Gasteiger charge is 2.32. The molecule has 1 fully saturated rings. The molecule has 140 valence electrons. The fourth-order valence-corrected chi connectivity index (χ4v) is 2.72. The molecule has 0 unspecified atom stereocenters. The van der Waals surface area contributed by atoms with Gasteiger partial charge in [0.05, 0.1) is 6.10 Å². The van der Waals surface area contributed by atoms with Gasteiger partial charge in [-0.2, -0.15) is 4.98 Å². The zero-order valence-electron chi connectivity index (χ0n) is 13.9. The number of carbonyl (C=O) groups excluding carboxylic acids is 1. The van der Waals surface area contributed by atoms with Gasteiger partial charge in [0.2, 0.25) is 11.9 Å². The summed E-state index contributed by atoms with van der Waals surface area (Å²) in [4.78, 5) is 16.2. The van der Waals surface area contributed by atoms with E-state index in [2.05, 4.69) is 27.4 Å². The molecular formula is C14H28Cl2N6O2. The van der Waals surface area contributed by atoms with E-state index in [1.54, 1.807) is 0 Å². The fraction of sp³-hybridized carbons (Fsp3) is 0.786. The lowest BCUT2D eigenvalue weighted by Gasteiger charge is -2.33. The molecule has 8 nitrogen and oxygen atoms in total. The Labute approximate surface area is 154 Å². The number of rotatable bonds is 7. The zero-order chi connectivity index (χ0) is 15.9. The number of nitrogens with zero attached hydrogens (tertiary/aromatic N) is 2. The van der Waals surface area contributed by atoms with E-state index in [1.165, 1.54) is 0 Å². The summed E-state index contributed by atoms with van der Waals surface area (Å²) >= 11 is 0. The Kier molecular flexibility index (Phi) is 10.9. The Morgan fingerprint density at radius 2 is 2.17 bits per heavy atom. The van der Waals surface area contributed by atoms with Crippen molar-refractivity contribution in [1.29, 1.82) is 0 Å². The smallest absolute Gasteiger partial charge is 0.239 e. The Balaban J connectivity index is 0.00000264. The van der Waals surface area contributed by atoms with Gasteiger partial charge in [-0.25, -0.2) is 0 Å². The molecule has 1 saturated carbocycles. The number of nitrogens with one attached hydrogen (secondary N) is 2. The molecule has 24 heavy (non-hydrogen) atoms. The number of hydrogen-bond donors (Lipinski definition) is 4. The van der Waals surface area contributed by atoms with Gasteiger partial charge in [-0.15, -0.1) is 29.9 Å². The van der Waals surface area contributed by atoms with E-state index in [-0.39, 0.29) is 54.7 Å². The minimum Gasteiger partial charge on any atom is -0.377 e. The van der Waals surface area contributed by atoms with Crippen molar-refractivity contribution in [3.05, 3.63) is 5.82 Å². The number of carbonyl (C=O) groups is 1. The summed E-state index contributed by atoms with van der Waals surface area (Å²) in [5, 5.41) is 9.41. The lowest BCUT2D eigenvalue weighted by molar-refractivity contribution is -0.128. The molecule has 1 amide bonds. The molecule has 1 aromatic heterocycles. The van der Waals surface area contributed by atoms with Crippen molar-refractivity contribution in [2.45, 2.75) is 51.2 Å². The number of aromatic nitrogens is 3. The highest BCUT2D eigenvalue weighted by Crippen LogP contribution is 2.26. The van der Waals surface area contributed by atoms with Gasteiger partial charge in [0.15, 0.2) is 0 Å². The summed E-state index contributed by atoms with van der Waals surface area (Å²) in [6, 6.07) is 0.0350. The third-order valence-corrected chi connectivity index (χ3v) is 3.96. The Morgan fingerprint density at radius 3 is 2.79 bits per heavy atom. The first-order valence-electron chi connectivity index (χ1n) is 7.91. The van der Waals surface area contributed by atoms with Gasteiger partial charge < -0.3 is 21.5 Å². The molecule has 10 heteroatoms. The van der Waals surface area contributed by atoms with Gasteiger partial charge in [-0.3, -0.25) is 9.89 Å². The van der Waals surface area contributed by atoms with Crippen LogP contribution in [0.1, 0.15) is 38.4 Å². The van der Waals surface area contributed by atoms with E-state index >= 15 is 0 Å². The number of H-pyrrole nitrogens is 1. The van der Waals surface area contributed by atoms with Gasteiger partial charge in [0, 0.05) is 31.5 Å². The van der Waals surface area contributed by atoms with Gasteiger partial charge in [0.25, 0.3) is 0 Å². The molecular weight excluding hydrogens is 355 g/mol. The van der Waals surface area contributed by atoms with Crippen molar-refractivity contribution < 1.29 is 9.53 Å². The van der Waals surface area contributed by atoms with Gasteiger partial charge in [0.1, 0.15) is 5.82 Å². The molecule has 0 bridgehead atoms. The number of halogens is 2. The van der Waals surface area contributed by atoms with Crippen LogP contribution in [0.2, 0.25) is 0 Å². The molecule has 1 aromatic rings. The number of amides is 1. The topological polar surface area (TPSA) is 132 Å². The van der Waals surface area contributed by atoms with Gasteiger partial charge in [-0.05, 0) is 25.7 Å². The molecule has 1 heterocycles. The van der Waals surface area contributed by atoms with E-state index in [0.29, 0.717) is 31.8 Å². The molecule has 0 spiro atoms. The lowest BCUT2D eigenvalue weighted by atomic mass is 9.83. The van der Waals surface area contributed by atoms with Crippen LogP contribution in [0.25, 0.3) is 0 Å². The molecule has 1 aliphatic carbocycles. The summed E-state index contributed by atoms with van der Waals surface area (Å²) in [5.41, 5.74) is 11.5. The van der Waals surface area contributed by atoms with E-state index in [1.807, 2.05) is 0 Å². The minimum absolute atomic E-state index is 0. The van der Waals surface area contributed by atoms with E-state index < -0.39 is 0 Å². The summed E-state index contributed by atoms with van der Waals surface area (Å²) in [7, 11) is 0. The first-order chi connectivity index (χ1) is 10.6. The van der Waals surface area contributed by atoms with Crippen LogP contribution in [0.5, 0.6) is 0 Å². The fourth-order valence-electron chi connectivity index (χ4n) is 2.72. The largest absolute Gasteiger partial charge is 0.377 e. The Hall–Kier alpha value is -1.09.